The molecule has 0 aliphatic heterocycles. The standard InChI is InChI=1S/C25H20N2O2/c28-25(13-11-23-10-12-24(29-23)21-4-2-1-3-5-21)27-22-8-6-19(7-9-22)18-20-14-16-26-17-15-20/h1-17H,18H2,(H,27,28)/b13-11+. The molecular formula is C25H20N2O2. The molecule has 0 spiro atoms. The van der Waals surface area contributed by atoms with Gasteiger partial charge in [0.1, 0.15) is 11.5 Å². The zero-order valence-corrected chi connectivity index (χ0v) is 15.8. The van der Waals surface area contributed by atoms with Crippen LogP contribution in [-0.2, 0) is 11.2 Å². The summed E-state index contributed by atoms with van der Waals surface area (Å²) in [4.78, 5) is 16.2. The van der Waals surface area contributed by atoms with E-state index in [1.165, 1.54) is 17.2 Å². The molecule has 4 nitrogen and oxygen atoms in total. The number of carbonyl (C=O) groups excluding carboxylic acids is 1. The minimum atomic E-state index is -0.204. The topological polar surface area (TPSA) is 55.1 Å². The van der Waals surface area contributed by atoms with Gasteiger partial charge in [0.25, 0.3) is 0 Å². The van der Waals surface area contributed by atoms with Crippen LogP contribution in [0.25, 0.3) is 17.4 Å². The van der Waals surface area contributed by atoms with Crippen LogP contribution in [0.15, 0.2) is 102 Å². The lowest BCUT2D eigenvalue weighted by molar-refractivity contribution is -0.111. The van der Waals surface area contributed by atoms with Crippen molar-refractivity contribution in [3.63, 3.8) is 0 Å². The van der Waals surface area contributed by atoms with Gasteiger partial charge in [-0.3, -0.25) is 9.78 Å². The summed E-state index contributed by atoms with van der Waals surface area (Å²) in [6.45, 7) is 0. The Bertz CT molecular complexity index is 1100. The number of hydrogen-bond acceptors (Lipinski definition) is 3. The Morgan fingerprint density at radius 3 is 2.34 bits per heavy atom. The van der Waals surface area contributed by atoms with Gasteiger partial charge in [0.2, 0.25) is 5.91 Å². The van der Waals surface area contributed by atoms with Crippen LogP contribution in [-0.4, -0.2) is 10.9 Å². The van der Waals surface area contributed by atoms with Gasteiger partial charge in [-0.2, -0.15) is 0 Å². The van der Waals surface area contributed by atoms with Gasteiger partial charge in [0.15, 0.2) is 0 Å². The maximum atomic E-state index is 12.2. The van der Waals surface area contributed by atoms with E-state index in [9.17, 15) is 4.79 Å². The number of benzene rings is 2. The Labute approximate surface area is 169 Å². The summed E-state index contributed by atoms with van der Waals surface area (Å²) < 4.78 is 5.77. The predicted molar refractivity (Wildman–Crippen MR) is 115 cm³/mol. The molecule has 0 saturated carbocycles. The number of furan rings is 1. The molecule has 4 aromatic rings. The number of carbonyl (C=O) groups is 1. The first kappa shape index (κ1) is 18.4. The summed E-state index contributed by atoms with van der Waals surface area (Å²) in [5.74, 6) is 1.20. The first-order valence-electron chi connectivity index (χ1n) is 9.38. The Morgan fingerprint density at radius 1 is 0.862 bits per heavy atom. The van der Waals surface area contributed by atoms with Gasteiger partial charge in [0.05, 0.1) is 0 Å². The lowest BCUT2D eigenvalue weighted by atomic mass is 10.1. The Kier molecular flexibility index (Phi) is 5.63. The van der Waals surface area contributed by atoms with Crippen LogP contribution in [0.4, 0.5) is 5.69 Å². The molecule has 0 aliphatic carbocycles. The smallest absolute Gasteiger partial charge is 0.248 e. The second-order valence-electron chi connectivity index (χ2n) is 6.62. The van der Waals surface area contributed by atoms with Crippen molar-refractivity contribution in [2.24, 2.45) is 0 Å². The Morgan fingerprint density at radius 2 is 1.59 bits per heavy atom. The van der Waals surface area contributed by atoms with E-state index < -0.39 is 0 Å². The summed E-state index contributed by atoms with van der Waals surface area (Å²) in [6.07, 6.45) is 7.55. The molecule has 1 N–H and O–H groups in total. The lowest BCUT2D eigenvalue weighted by Crippen LogP contribution is -2.07. The molecule has 4 rings (SSSR count). The fraction of sp³-hybridized carbons (Fsp3) is 0.0400. The number of nitrogens with one attached hydrogen (secondary N) is 1. The summed E-state index contributed by atoms with van der Waals surface area (Å²) in [7, 11) is 0. The molecule has 0 unspecified atom stereocenters. The SMILES string of the molecule is O=C(/C=C/c1ccc(-c2ccccc2)o1)Nc1ccc(Cc2ccncc2)cc1. The third-order valence-electron chi connectivity index (χ3n) is 4.46. The molecular weight excluding hydrogens is 360 g/mol. The number of nitrogens with zero attached hydrogens (tertiary/aromatic N) is 1. The zero-order valence-electron chi connectivity index (χ0n) is 15.8. The normalized spacial score (nSPS) is 10.9. The Hall–Kier alpha value is -3.92. The summed E-state index contributed by atoms with van der Waals surface area (Å²) in [6, 6.07) is 25.4. The van der Waals surface area contributed by atoms with Crippen molar-refractivity contribution in [2.45, 2.75) is 6.42 Å². The molecule has 4 heteroatoms. The van der Waals surface area contributed by atoms with E-state index in [-0.39, 0.29) is 5.91 Å². The molecule has 0 bridgehead atoms. The molecule has 0 aliphatic rings. The summed E-state index contributed by atoms with van der Waals surface area (Å²) in [5, 5.41) is 2.86. The molecule has 142 valence electrons. The molecule has 29 heavy (non-hydrogen) atoms. The number of pyridine rings is 1. The highest BCUT2D eigenvalue weighted by molar-refractivity contribution is 6.01. The van der Waals surface area contributed by atoms with Crippen molar-refractivity contribution >= 4 is 17.7 Å². The van der Waals surface area contributed by atoms with E-state index in [1.54, 1.807) is 18.5 Å². The van der Waals surface area contributed by atoms with Gasteiger partial charge >= 0.3 is 0 Å². The van der Waals surface area contributed by atoms with Gasteiger partial charge in [-0.25, -0.2) is 0 Å². The molecule has 0 radical (unpaired) electrons. The van der Waals surface area contributed by atoms with Crippen molar-refractivity contribution in [2.75, 3.05) is 5.32 Å². The molecule has 2 aromatic carbocycles. The van der Waals surface area contributed by atoms with E-state index in [0.717, 1.165) is 23.4 Å². The number of hydrogen-bond donors (Lipinski definition) is 1. The Balaban J connectivity index is 1.34. The third-order valence-corrected chi connectivity index (χ3v) is 4.46. The first-order chi connectivity index (χ1) is 14.3. The van der Waals surface area contributed by atoms with Crippen molar-refractivity contribution in [3.8, 4) is 11.3 Å². The van der Waals surface area contributed by atoms with Crippen molar-refractivity contribution < 1.29 is 9.21 Å². The van der Waals surface area contributed by atoms with Crippen LogP contribution in [0.5, 0.6) is 0 Å². The van der Waals surface area contributed by atoms with Crippen LogP contribution in [0.3, 0.4) is 0 Å². The van der Waals surface area contributed by atoms with Crippen molar-refractivity contribution in [1.29, 1.82) is 0 Å². The average Bonchev–Trinajstić information content (AvgIpc) is 3.24. The van der Waals surface area contributed by atoms with Gasteiger partial charge in [-0.15, -0.1) is 0 Å². The maximum Gasteiger partial charge on any atom is 0.248 e. The highest BCUT2D eigenvalue weighted by Crippen LogP contribution is 2.22. The van der Waals surface area contributed by atoms with Crippen LogP contribution >= 0.6 is 0 Å². The van der Waals surface area contributed by atoms with Gasteiger partial charge in [-0.05, 0) is 60.0 Å². The number of anilines is 1. The van der Waals surface area contributed by atoms with Gasteiger partial charge in [0, 0.05) is 29.7 Å². The molecule has 0 saturated heterocycles. The lowest BCUT2D eigenvalue weighted by Gasteiger charge is -2.05. The quantitative estimate of drug-likeness (QED) is 0.444. The minimum absolute atomic E-state index is 0.204. The van der Waals surface area contributed by atoms with E-state index in [1.807, 2.05) is 78.9 Å². The monoisotopic (exact) mass is 380 g/mol. The zero-order chi connectivity index (χ0) is 19.9. The average molecular weight is 380 g/mol. The van der Waals surface area contributed by atoms with Crippen molar-refractivity contribution in [1.82, 2.24) is 4.98 Å². The predicted octanol–water partition coefficient (Wildman–Crippen LogP) is 5.58. The van der Waals surface area contributed by atoms with Crippen LogP contribution in [0.2, 0.25) is 0 Å². The minimum Gasteiger partial charge on any atom is -0.457 e. The number of rotatable bonds is 6. The van der Waals surface area contributed by atoms with E-state index >= 15 is 0 Å². The van der Waals surface area contributed by atoms with Crippen LogP contribution in [0.1, 0.15) is 16.9 Å². The van der Waals surface area contributed by atoms with Gasteiger partial charge in [-0.1, -0.05) is 42.5 Å². The van der Waals surface area contributed by atoms with Crippen molar-refractivity contribution in [3.05, 3.63) is 114 Å². The first-order valence-corrected chi connectivity index (χ1v) is 9.38. The van der Waals surface area contributed by atoms with E-state index in [4.69, 9.17) is 4.42 Å². The highest BCUT2D eigenvalue weighted by Gasteiger charge is 2.03. The third kappa shape index (κ3) is 5.08. The van der Waals surface area contributed by atoms with E-state index in [0.29, 0.717) is 5.76 Å². The highest BCUT2D eigenvalue weighted by atomic mass is 16.3. The fourth-order valence-corrected chi connectivity index (χ4v) is 2.98. The largest absolute Gasteiger partial charge is 0.457 e. The van der Waals surface area contributed by atoms with E-state index in [2.05, 4.69) is 10.3 Å². The molecule has 0 atom stereocenters. The fourth-order valence-electron chi connectivity index (χ4n) is 2.98. The number of amides is 1. The van der Waals surface area contributed by atoms with Gasteiger partial charge < -0.3 is 9.73 Å². The molecule has 1 amide bonds. The molecule has 2 aromatic heterocycles. The second kappa shape index (κ2) is 8.85. The molecule has 0 fully saturated rings. The van der Waals surface area contributed by atoms with Crippen LogP contribution in [0, 0.1) is 0 Å². The summed E-state index contributed by atoms with van der Waals surface area (Å²) >= 11 is 0. The maximum absolute atomic E-state index is 12.2. The number of aromatic nitrogens is 1. The summed E-state index contributed by atoms with van der Waals surface area (Å²) in [5.41, 5.74) is 4.13. The second-order valence-corrected chi connectivity index (χ2v) is 6.62. The molecule has 2 heterocycles. The van der Waals surface area contributed by atoms with Crippen LogP contribution < -0.4 is 5.32 Å².